The molecule has 0 unspecified atom stereocenters. The maximum Gasteiger partial charge on any atom is 0.239 e. The van der Waals surface area contributed by atoms with Crippen LogP contribution in [0, 0.1) is 31.1 Å². The highest BCUT2D eigenvalue weighted by Gasteiger charge is 2.29. The summed E-state index contributed by atoms with van der Waals surface area (Å²) in [5.41, 5.74) is 2.65. The number of carbonyl (C=O) groups excluding carboxylic acids is 2. The molecule has 0 aliphatic carbocycles. The summed E-state index contributed by atoms with van der Waals surface area (Å²) in [6.45, 7) is 4.46. The lowest BCUT2D eigenvalue weighted by Gasteiger charge is -2.32. The van der Waals surface area contributed by atoms with E-state index in [1.54, 1.807) is 19.1 Å². The predicted octanol–water partition coefficient (Wildman–Crippen LogP) is 2.50. The molecule has 1 aromatic heterocycles. The Balaban J connectivity index is 1.63. The standard InChI is InChI=1S/C22H24N4O4S2/c1-14-3-5-16(6-4-14)13-32(29,30)25-21(27)17-7-9-26(10-8-17)20-18(12-23)11-19(22(28)31)15(2)24-20/h3-6,11,17H,7-10,13H2,1-2H3,(H,25,27)(H,28,31). The van der Waals surface area contributed by atoms with Crippen LogP contribution in [-0.4, -0.2) is 37.5 Å². The Morgan fingerprint density at radius 3 is 2.41 bits per heavy atom. The van der Waals surface area contributed by atoms with Crippen LogP contribution >= 0.6 is 12.6 Å². The van der Waals surface area contributed by atoms with Gasteiger partial charge in [0.05, 0.1) is 22.6 Å². The van der Waals surface area contributed by atoms with Crippen molar-refractivity contribution >= 4 is 39.5 Å². The summed E-state index contributed by atoms with van der Waals surface area (Å²) in [5.74, 6) is -0.779. The Morgan fingerprint density at radius 2 is 1.84 bits per heavy atom. The normalized spacial score (nSPS) is 14.6. The van der Waals surface area contributed by atoms with Crippen molar-refractivity contribution in [2.45, 2.75) is 32.4 Å². The monoisotopic (exact) mass is 472 g/mol. The second kappa shape index (κ2) is 9.71. The highest BCUT2D eigenvalue weighted by atomic mass is 32.2. The third-order valence-electron chi connectivity index (χ3n) is 5.44. The number of thiol groups is 1. The van der Waals surface area contributed by atoms with Gasteiger partial charge in [0.25, 0.3) is 0 Å². The number of piperidine rings is 1. The summed E-state index contributed by atoms with van der Waals surface area (Å²) < 4.78 is 27.0. The summed E-state index contributed by atoms with van der Waals surface area (Å²) in [5, 5.41) is 9.01. The molecule has 168 valence electrons. The van der Waals surface area contributed by atoms with E-state index in [0.29, 0.717) is 43.0 Å². The van der Waals surface area contributed by atoms with Gasteiger partial charge in [-0.05, 0) is 38.3 Å². The van der Waals surface area contributed by atoms with Crippen molar-refractivity contribution in [3.05, 3.63) is 58.3 Å². The average molecular weight is 473 g/mol. The van der Waals surface area contributed by atoms with Gasteiger partial charge in [-0.2, -0.15) is 5.26 Å². The number of amides is 1. The van der Waals surface area contributed by atoms with Gasteiger partial charge in [0.2, 0.25) is 21.0 Å². The largest absolute Gasteiger partial charge is 0.355 e. The molecule has 1 aliphatic heterocycles. The van der Waals surface area contributed by atoms with Gasteiger partial charge in [0, 0.05) is 19.0 Å². The molecule has 32 heavy (non-hydrogen) atoms. The minimum Gasteiger partial charge on any atom is -0.355 e. The molecule has 0 atom stereocenters. The number of nitrogens with one attached hydrogen (secondary N) is 1. The zero-order valence-corrected chi connectivity index (χ0v) is 19.5. The van der Waals surface area contributed by atoms with Crippen LogP contribution in [0.1, 0.15) is 45.6 Å². The summed E-state index contributed by atoms with van der Waals surface area (Å²) in [7, 11) is -3.80. The molecule has 1 amide bonds. The number of aryl methyl sites for hydroxylation is 2. The number of hydrogen-bond donors (Lipinski definition) is 2. The van der Waals surface area contributed by atoms with Gasteiger partial charge in [-0.1, -0.05) is 29.8 Å². The second-order valence-electron chi connectivity index (χ2n) is 7.88. The van der Waals surface area contributed by atoms with Gasteiger partial charge in [-0.25, -0.2) is 13.4 Å². The molecule has 10 heteroatoms. The van der Waals surface area contributed by atoms with Crippen LogP contribution in [0.3, 0.4) is 0 Å². The molecule has 0 bridgehead atoms. The number of pyridine rings is 1. The maximum absolute atomic E-state index is 12.6. The molecule has 3 rings (SSSR count). The minimum absolute atomic E-state index is 0.261. The fourth-order valence-electron chi connectivity index (χ4n) is 3.66. The number of hydrogen-bond acceptors (Lipinski definition) is 7. The lowest BCUT2D eigenvalue weighted by molar-refractivity contribution is -0.123. The summed E-state index contributed by atoms with van der Waals surface area (Å²) in [4.78, 5) is 30.5. The van der Waals surface area contributed by atoms with Crippen LogP contribution < -0.4 is 9.62 Å². The molecule has 8 nitrogen and oxygen atoms in total. The highest BCUT2D eigenvalue weighted by Crippen LogP contribution is 2.27. The van der Waals surface area contributed by atoms with Crippen molar-refractivity contribution in [3.8, 4) is 6.07 Å². The average Bonchev–Trinajstić information content (AvgIpc) is 2.74. The molecule has 1 aliphatic rings. The van der Waals surface area contributed by atoms with Crippen LogP contribution in [0.15, 0.2) is 30.3 Å². The van der Waals surface area contributed by atoms with Gasteiger partial charge in [0.1, 0.15) is 11.9 Å². The lowest BCUT2D eigenvalue weighted by Crippen LogP contribution is -2.43. The quantitative estimate of drug-likeness (QED) is 0.620. The first kappa shape index (κ1) is 23.8. The van der Waals surface area contributed by atoms with E-state index >= 15 is 0 Å². The van der Waals surface area contributed by atoms with Crippen molar-refractivity contribution in [1.29, 1.82) is 5.26 Å². The van der Waals surface area contributed by atoms with Crippen LogP contribution in [-0.2, 0) is 20.6 Å². The number of aromatic nitrogens is 1. The third kappa shape index (κ3) is 5.66. The fraction of sp³-hybridized carbons (Fsp3) is 0.364. The molecule has 0 radical (unpaired) electrons. The van der Waals surface area contributed by atoms with Crippen LogP contribution in [0.5, 0.6) is 0 Å². The van der Waals surface area contributed by atoms with E-state index in [4.69, 9.17) is 0 Å². The van der Waals surface area contributed by atoms with E-state index in [-0.39, 0.29) is 16.9 Å². The molecule has 1 saturated heterocycles. The number of carbonyl (C=O) groups is 2. The molecule has 1 aromatic carbocycles. The van der Waals surface area contributed by atoms with Crippen LogP contribution in [0.4, 0.5) is 5.82 Å². The number of sulfonamides is 1. The molecular weight excluding hydrogens is 448 g/mol. The Morgan fingerprint density at radius 1 is 1.22 bits per heavy atom. The van der Waals surface area contributed by atoms with E-state index in [2.05, 4.69) is 28.4 Å². The van der Waals surface area contributed by atoms with E-state index in [1.165, 1.54) is 6.07 Å². The zero-order chi connectivity index (χ0) is 23.5. The first-order valence-electron chi connectivity index (χ1n) is 10.1. The molecular formula is C22H24N4O4S2. The molecule has 1 N–H and O–H groups in total. The fourth-order valence-corrected chi connectivity index (χ4v) is 5.07. The lowest BCUT2D eigenvalue weighted by atomic mass is 9.96. The van der Waals surface area contributed by atoms with E-state index in [1.807, 2.05) is 24.0 Å². The van der Waals surface area contributed by atoms with Crippen molar-refractivity contribution in [1.82, 2.24) is 9.71 Å². The van der Waals surface area contributed by atoms with Gasteiger partial charge in [0.15, 0.2) is 0 Å². The number of benzene rings is 1. The highest BCUT2D eigenvalue weighted by molar-refractivity contribution is 7.97. The Hall–Kier alpha value is -2.90. The molecule has 0 spiro atoms. The Kier molecular flexibility index (Phi) is 7.21. The van der Waals surface area contributed by atoms with Crippen LogP contribution in [0.2, 0.25) is 0 Å². The Labute approximate surface area is 193 Å². The first-order chi connectivity index (χ1) is 15.1. The predicted molar refractivity (Wildman–Crippen MR) is 124 cm³/mol. The molecule has 0 saturated carbocycles. The van der Waals surface area contributed by atoms with Gasteiger partial charge < -0.3 is 4.90 Å². The van der Waals surface area contributed by atoms with E-state index in [0.717, 1.165) is 5.56 Å². The second-order valence-corrected chi connectivity index (χ2v) is 10.0. The van der Waals surface area contributed by atoms with E-state index in [9.17, 15) is 23.3 Å². The van der Waals surface area contributed by atoms with Gasteiger partial charge >= 0.3 is 0 Å². The molecule has 2 heterocycles. The SMILES string of the molecule is Cc1ccc(CS(=O)(=O)NC(=O)C2CCN(c3nc(C)c(C(=O)S)cc3C#N)CC2)cc1. The minimum atomic E-state index is -3.80. The summed E-state index contributed by atoms with van der Waals surface area (Å²) in [6, 6.07) is 10.6. The van der Waals surface area contributed by atoms with Crippen molar-refractivity contribution in [3.63, 3.8) is 0 Å². The van der Waals surface area contributed by atoms with Crippen LogP contribution in [0.25, 0.3) is 0 Å². The summed E-state index contributed by atoms with van der Waals surface area (Å²) >= 11 is 3.81. The van der Waals surface area contributed by atoms with Crippen molar-refractivity contribution in [2.75, 3.05) is 18.0 Å². The molecule has 2 aromatic rings. The first-order valence-corrected chi connectivity index (χ1v) is 12.2. The number of nitriles is 1. The van der Waals surface area contributed by atoms with Gasteiger partial charge in [-0.15, -0.1) is 12.6 Å². The number of anilines is 1. The maximum atomic E-state index is 12.6. The van der Waals surface area contributed by atoms with E-state index < -0.39 is 27.0 Å². The van der Waals surface area contributed by atoms with Crippen molar-refractivity contribution < 1.29 is 18.0 Å². The topological polar surface area (TPSA) is 120 Å². The van der Waals surface area contributed by atoms with Gasteiger partial charge in [-0.3, -0.25) is 14.3 Å². The number of nitrogens with zero attached hydrogens (tertiary/aromatic N) is 3. The third-order valence-corrected chi connectivity index (χ3v) is 6.91. The number of rotatable bonds is 6. The molecule has 1 fully saturated rings. The smallest absolute Gasteiger partial charge is 0.239 e. The summed E-state index contributed by atoms with van der Waals surface area (Å²) in [6.07, 6.45) is 0.843. The zero-order valence-electron chi connectivity index (χ0n) is 17.8. The Bertz CT molecular complexity index is 1180. The van der Waals surface area contributed by atoms with Crippen molar-refractivity contribution in [2.24, 2.45) is 5.92 Å².